The van der Waals surface area contributed by atoms with Crippen LogP contribution in [0, 0.1) is 10.1 Å². The predicted molar refractivity (Wildman–Crippen MR) is 114 cm³/mol. The van der Waals surface area contributed by atoms with Crippen LogP contribution in [-0.2, 0) is 12.8 Å². The molecule has 0 atom stereocenters. The molecule has 0 saturated heterocycles. The van der Waals surface area contributed by atoms with Gasteiger partial charge in [-0.1, -0.05) is 12.1 Å². The van der Waals surface area contributed by atoms with Gasteiger partial charge in [-0.3, -0.25) is 15.5 Å². The van der Waals surface area contributed by atoms with Crippen molar-refractivity contribution >= 4 is 33.5 Å². The number of hydrazone groups is 1. The molecule has 3 aromatic rings. The molecule has 0 aliphatic heterocycles. The lowest BCUT2D eigenvalue weighted by molar-refractivity contribution is -0.384. The number of nitrogens with one attached hydrogen (secondary N) is 1. The molecule has 0 heterocycles. The molecular weight excluding hydrogens is 479 g/mol. The second kappa shape index (κ2) is 9.61. The minimum Gasteiger partial charge on any atom is -0.488 e. The Kier molecular flexibility index (Phi) is 6.91. The number of hydrogen-bond acceptors (Lipinski definition) is 5. The van der Waals surface area contributed by atoms with E-state index < -0.39 is 16.7 Å². The minimum atomic E-state index is -4.38. The van der Waals surface area contributed by atoms with Crippen LogP contribution in [0.1, 0.15) is 16.7 Å². The fourth-order valence-electron chi connectivity index (χ4n) is 2.55. The van der Waals surface area contributed by atoms with E-state index in [0.717, 1.165) is 12.1 Å². The van der Waals surface area contributed by atoms with Crippen molar-refractivity contribution in [3.63, 3.8) is 0 Å². The lowest BCUT2D eigenvalue weighted by Gasteiger charge is -2.09. The van der Waals surface area contributed by atoms with Crippen LogP contribution < -0.4 is 10.2 Å². The van der Waals surface area contributed by atoms with E-state index in [0.29, 0.717) is 27.0 Å². The number of rotatable bonds is 7. The highest BCUT2D eigenvalue weighted by Crippen LogP contribution is 2.30. The molecule has 0 fully saturated rings. The molecule has 3 rings (SSSR count). The van der Waals surface area contributed by atoms with E-state index in [2.05, 4.69) is 26.5 Å². The molecule has 0 aliphatic carbocycles. The average molecular weight is 494 g/mol. The molecule has 0 unspecified atom stereocenters. The molecule has 31 heavy (non-hydrogen) atoms. The van der Waals surface area contributed by atoms with Gasteiger partial charge < -0.3 is 4.74 Å². The Morgan fingerprint density at radius 3 is 2.48 bits per heavy atom. The van der Waals surface area contributed by atoms with Gasteiger partial charge in [-0.05, 0) is 69.5 Å². The fourth-order valence-corrected chi connectivity index (χ4v) is 3.06. The predicted octanol–water partition coefficient (Wildman–Crippen LogP) is 6.40. The summed E-state index contributed by atoms with van der Waals surface area (Å²) < 4.78 is 44.1. The van der Waals surface area contributed by atoms with E-state index in [1.807, 2.05) is 0 Å². The van der Waals surface area contributed by atoms with Crippen LogP contribution in [0.25, 0.3) is 0 Å². The maximum Gasteiger partial charge on any atom is 0.416 e. The zero-order chi connectivity index (χ0) is 22.4. The molecule has 160 valence electrons. The zero-order valence-corrected chi connectivity index (χ0v) is 17.4. The second-order valence-electron chi connectivity index (χ2n) is 6.35. The van der Waals surface area contributed by atoms with Crippen LogP contribution in [0.4, 0.5) is 24.5 Å². The summed E-state index contributed by atoms with van der Waals surface area (Å²) in [6.07, 6.45) is -2.88. The summed E-state index contributed by atoms with van der Waals surface area (Å²) in [6.45, 7) is 0.156. The normalized spacial score (nSPS) is 11.5. The molecule has 0 radical (unpaired) electrons. The third kappa shape index (κ3) is 6.29. The van der Waals surface area contributed by atoms with Crippen LogP contribution >= 0.6 is 15.9 Å². The Balaban J connectivity index is 1.59. The van der Waals surface area contributed by atoms with Crippen molar-refractivity contribution in [1.29, 1.82) is 0 Å². The average Bonchev–Trinajstić information content (AvgIpc) is 2.73. The van der Waals surface area contributed by atoms with Gasteiger partial charge in [0, 0.05) is 12.1 Å². The zero-order valence-electron chi connectivity index (χ0n) is 15.8. The molecule has 1 N–H and O–H groups in total. The van der Waals surface area contributed by atoms with Gasteiger partial charge in [0.2, 0.25) is 0 Å². The number of benzene rings is 3. The number of nitro benzene ring substituents is 1. The maximum absolute atomic E-state index is 12.6. The number of halogens is 4. The lowest BCUT2D eigenvalue weighted by atomic mass is 10.2. The summed E-state index contributed by atoms with van der Waals surface area (Å²) in [4.78, 5) is 10.4. The van der Waals surface area contributed by atoms with Gasteiger partial charge in [0.15, 0.2) is 0 Å². The number of non-ortho nitro benzene ring substituents is 1. The Morgan fingerprint density at radius 1 is 1.10 bits per heavy atom. The molecule has 10 heteroatoms. The van der Waals surface area contributed by atoms with Gasteiger partial charge in [0.25, 0.3) is 5.69 Å². The summed E-state index contributed by atoms with van der Waals surface area (Å²) >= 11 is 3.40. The number of ether oxygens (including phenoxy) is 1. The van der Waals surface area contributed by atoms with Crippen molar-refractivity contribution in [2.75, 3.05) is 5.43 Å². The van der Waals surface area contributed by atoms with Crippen molar-refractivity contribution < 1.29 is 22.8 Å². The molecule has 0 aromatic heterocycles. The molecule has 0 aliphatic rings. The first-order valence-corrected chi connectivity index (χ1v) is 9.64. The standard InChI is InChI=1S/C21H15BrF3N3O3/c22-19-11-14(12-26-27-17-7-5-16(6-8-17)21(23,24)25)4-9-20(19)31-13-15-2-1-3-18(10-15)28(29)30/h1-12,27H,13H2/b26-12+. The first-order valence-electron chi connectivity index (χ1n) is 8.84. The minimum absolute atomic E-state index is 0.00716. The third-order valence-electron chi connectivity index (χ3n) is 4.09. The molecular formula is C21H15BrF3N3O3. The topological polar surface area (TPSA) is 76.8 Å². The molecule has 6 nitrogen and oxygen atoms in total. The van der Waals surface area contributed by atoms with Gasteiger partial charge in [-0.25, -0.2) is 0 Å². The molecule has 0 saturated carbocycles. The number of anilines is 1. The maximum atomic E-state index is 12.6. The van der Waals surface area contributed by atoms with Crippen LogP contribution in [0.15, 0.2) is 76.3 Å². The molecule has 0 amide bonds. The monoisotopic (exact) mass is 493 g/mol. The summed E-state index contributed by atoms with van der Waals surface area (Å²) in [5, 5.41) is 14.9. The van der Waals surface area contributed by atoms with Crippen LogP contribution in [0.3, 0.4) is 0 Å². The largest absolute Gasteiger partial charge is 0.488 e. The van der Waals surface area contributed by atoms with Crippen LogP contribution in [-0.4, -0.2) is 11.1 Å². The van der Waals surface area contributed by atoms with Gasteiger partial charge in [0.05, 0.1) is 26.9 Å². The van der Waals surface area contributed by atoms with E-state index in [1.54, 1.807) is 30.3 Å². The number of alkyl halides is 3. The van der Waals surface area contributed by atoms with Gasteiger partial charge >= 0.3 is 6.18 Å². The van der Waals surface area contributed by atoms with Crippen molar-refractivity contribution in [3.8, 4) is 5.75 Å². The lowest BCUT2D eigenvalue weighted by Crippen LogP contribution is -2.04. The Morgan fingerprint density at radius 2 is 1.84 bits per heavy atom. The molecule has 0 spiro atoms. The van der Waals surface area contributed by atoms with E-state index in [-0.39, 0.29) is 12.3 Å². The molecule has 3 aromatic carbocycles. The second-order valence-corrected chi connectivity index (χ2v) is 7.20. The van der Waals surface area contributed by atoms with Gasteiger partial charge in [-0.15, -0.1) is 0 Å². The van der Waals surface area contributed by atoms with Crippen molar-refractivity contribution in [2.24, 2.45) is 5.10 Å². The van der Waals surface area contributed by atoms with E-state index in [1.165, 1.54) is 30.5 Å². The van der Waals surface area contributed by atoms with Crippen LogP contribution in [0.2, 0.25) is 0 Å². The first-order chi connectivity index (χ1) is 14.7. The van der Waals surface area contributed by atoms with Gasteiger partial charge in [-0.2, -0.15) is 18.3 Å². The SMILES string of the molecule is O=[N+]([O-])c1cccc(COc2ccc(/C=N/Nc3ccc(C(F)(F)F)cc3)cc2Br)c1. The third-order valence-corrected chi connectivity index (χ3v) is 4.71. The summed E-state index contributed by atoms with van der Waals surface area (Å²) in [7, 11) is 0. The van der Waals surface area contributed by atoms with E-state index >= 15 is 0 Å². The summed E-state index contributed by atoms with van der Waals surface area (Å²) in [6, 6.07) is 15.9. The highest BCUT2D eigenvalue weighted by Gasteiger charge is 2.29. The van der Waals surface area contributed by atoms with E-state index in [9.17, 15) is 23.3 Å². The fraction of sp³-hybridized carbons (Fsp3) is 0.0952. The summed E-state index contributed by atoms with van der Waals surface area (Å²) in [5.74, 6) is 0.541. The Labute approximate surface area is 183 Å². The van der Waals surface area contributed by atoms with Crippen molar-refractivity contribution in [1.82, 2.24) is 0 Å². The van der Waals surface area contributed by atoms with Crippen molar-refractivity contribution in [3.05, 3.63) is 98.0 Å². The Hall–Kier alpha value is -3.40. The van der Waals surface area contributed by atoms with E-state index in [4.69, 9.17) is 4.74 Å². The van der Waals surface area contributed by atoms with Gasteiger partial charge in [0.1, 0.15) is 12.4 Å². The van der Waals surface area contributed by atoms with Crippen LogP contribution in [0.5, 0.6) is 5.75 Å². The summed E-state index contributed by atoms with van der Waals surface area (Å²) in [5.41, 5.74) is 3.72. The Bertz CT molecular complexity index is 1100. The number of nitrogens with zero attached hydrogens (tertiary/aromatic N) is 2. The highest BCUT2D eigenvalue weighted by atomic mass is 79.9. The smallest absolute Gasteiger partial charge is 0.416 e. The highest BCUT2D eigenvalue weighted by molar-refractivity contribution is 9.10. The number of nitro groups is 1. The quantitative estimate of drug-likeness (QED) is 0.234. The number of hydrogen-bond donors (Lipinski definition) is 1. The first kappa shape index (κ1) is 22.3. The molecule has 0 bridgehead atoms. The van der Waals surface area contributed by atoms with Crippen molar-refractivity contribution in [2.45, 2.75) is 12.8 Å².